The molecule has 0 spiro atoms. The second-order valence-electron chi connectivity index (χ2n) is 3.25. The Morgan fingerprint density at radius 2 is 2.18 bits per heavy atom. The second kappa shape index (κ2) is 6.06. The molecule has 0 aromatic heterocycles. The number of amides is 1. The average Bonchev–Trinajstić information content (AvgIpc) is 2.29. The summed E-state index contributed by atoms with van der Waals surface area (Å²) in [6, 6.07) is 4.41. The molecule has 0 aliphatic rings. The zero-order valence-electron chi connectivity index (χ0n) is 8.87. The van der Waals surface area contributed by atoms with Crippen molar-refractivity contribution in [2.75, 3.05) is 5.32 Å². The van der Waals surface area contributed by atoms with Crippen LogP contribution in [0.15, 0.2) is 22.7 Å². The number of anilines is 1. The first kappa shape index (κ1) is 13.3. The summed E-state index contributed by atoms with van der Waals surface area (Å²) in [6.45, 7) is 0. The van der Waals surface area contributed by atoms with E-state index in [0.29, 0.717) is 16.6 Å². The third-order valence-corrected chi connectivity index (χ3v) is 2.68. The Morgan fingerprint density at radius 3 is 2.76 bits per heavy atom. The molecule has 1 amide bonds. The molecule has 2 N–H and O–H groups in total. The van der Waals surface area contributed by atoms with Gasteiger partial charge in [0.2, 0.25) is 5.91 Å². The first-order valence-corrected chi connectivity index (χ1v) is 5.60. The number of hydrogen-bond acceptors (Lipinski definition) is 2. The number of carboxylic acids is 1. The number of halogens is 1. The SMILES string of the molecule is C#CCCC(=O)Nc1cc(C(=O)O)ccc1Br. The van der Waals surface area contributed by atoms with E-state index >= 15 is 0 Å². The molecule has 0 bridgehead atoms. The van der Waals surface area contributed by atoms with Gasteiger partial charge in [-0.3, -0.25) is 4.79 Å². The largest absolute Gasteiger partial charge is 0.478 e. The smallest absolute Gasteiger partial charge is 0.335 e. The first-order valence-electron chi connectivity index (χ1n) is 4.80. The number of hydrogen-bond donors (Lipinski definition) is 2. The lowest BCUT2D eigenvalue weighted by Gasteiger charge is -2.07. The highest BCUT2D eigenvalue weighted by atomic mass is 79.9. The Kier molecular flexibility index (Phi) is 4.73. The number of carbonyl (C=O) groups is 2. The molecule has 1 aromatic carbocycles. The number of carboxylic acid groups (broad SMARTS) is 1. The molecular formula is C12H10BrNO3. The van der Waals surface area contributed by atoms with Crippen molar-refractivity contribution in [3.05, 3.63) is 28.2 Å². The van der Waals surface area contributed by atoms with E-state index in [4.69, 9.17) is 11.5 Å². The van der Waals surface area contributed by atoms with Crippen LogP contribution in [0.4, 0.5) is 5.69 Å². The van der Waals surface area contributed by atoms with Crippen LogP contribution in [0, 0.1) is 12.3 Å². The number of aromatic carboxylic acids is 1. The van der Waals surface area contributed by atoms with Gasteiger partial charge >= 0.3 is 5.97 Å². The van der Waals surface area contributed by atoms with Gasteiger partial charge in [-0.25, -0.2) is 4.79 Å². The molecule has 88 valence electrons. The Bertz CT molecular complexity index is 491. The topological polar surface area (TPSA) is 66.4 Å². The van der Waals surface area contributed by atoms with Crippen LogP contribution in [0.5, 0.6) is 0 Å². The van der Waals surface area contributed by atoms with E-state index in [1.807, 2.05) is 0 Å². The maximum atomic E-state index is 11.4. The number of benzene rings is 1. The van der Waals surface area contributed by atoms with Crippen LogP contribution in [0.2, 0.25) is 0 Å². The lowest BCUT2D eigenvalue weighted by Crippen LogP contribution is -2.12. The van der Waals surface area contributed by atoms with Crippen LogP contribution in [-0.4, -0.2) is 17.0 Å². The van der Waals surface area contributed by atoms with Gasteiger partial charge in [0.05, 0.1) is 11.3 Å². The van der Waals surface area contributed by atoms with E-state index < -0.39 is 5.97 Å². The van der Waals surface area contributed by atoms with Gasteiger partial charge in [-0.15, -0.1) is 12.3 Å². The summed E-state index contributed by atoms with van der Waals surface area (Å²) < 4.78 is 0.622. The van der Waals surface area contributed by atoms with Gasteiger partial charge in [-0.1, -0.05) is 0 Å². The lowest BCUT2D eigenvalue weighted by molar-refractivity contribution is -0.116. The molecule has 1 rings (SSSR count). The van der Waals surface area contributed by atoms with Crippen LogP contribution in [0.25, 0.3) is 0 Å². The molecule has 17 heavy (non-hydrogen) atoms. The fourth-order valence-corrected chi connectivity index (χ4v) is 1.50. The van der Waals surface area contributed by atoms with E-state index in [-0.39, 0.29) is 17.9 Å². The summed E-state index contributed by atoms with van der Waals surface area (Å²) in [6.07, 6.45) is 5.60. The van der Waals surface area contributed by atoms with Gasteiger partial charge in [-0.2, -0.15) is 0 Å². The molecule has 0 heterocycles. The van der Waals surface area contributed by atoms with E-state index in [2.05, 4.69) is 27.2 Å². The standard InChI is InChI=1S/C12H10BrNO3/c1-2-3-4-11(15)14-10-7-8(12(16)17)5-6-9(10)13/h1,5-7H,3-4H2,(H,14,15)(H,16,17). The van der Waals surface area contributed by atoms with E-state index in [9.17, 15) is 9.59 Å². The molecule has 4 nitrogen and oxygen atoms in total. The Balaban J connectivity index is 2.83. The number of nitrogens with one attached hydrogen (secondary N) is 1. The minimum atomic E-state index is -1.04. The van der Waals surface area contributed by atoms with Crippen LogP contribution in [-0.2, 0) is 4.79 Å². The summed E-state index contributed by atoms with van der Waals surface area (Å²) in [7, 11) is 0. The van der Waals surface area contributed by atoms with Crippen molar-refractivity contribution >= 4 is 33.5 Å². The summed E-state index contributed by atoms with van der Waals surface area (Å²) in [5.41, 5.74) is 0.535. The summed E-state index contributed by atoms with van der Waals surface area (Å²) in [4.78, 5) is 22.2. The minimum Gasteiger partial charge on any atom is -0.478 e. The highest BCUT2D eigenvalue weighted by Crippen LogP contribution is 2.23. The van der Waals surface area contributed by atoms with Gasteiger partial charge in [0.1, 0.15) is 0 Å². The molecule has 0 saturated heterocycles. The maximum absolute atomic E-state index is 11.4. The van der Waals surface area contributed by atoms with Crippen molar-refractivity contribution in [3.63, 3.8) is 0 Å². The monoisotopic (exact) mass is 295 g/mol. The summed E-state index contributed by atoms with van der Waals surface area (Å²) in [5, 5.41) is 11.4. The molecule has 0 aliphatic carbocycles. The van der Waals surface area contributed by atoms with Crippen LogP contribution in [0.1, 0.15) is 23.2 Å². The molecule has 0 fully saturated rings. The van der Waals surface area contributed by atoms with Crippen molar-refractivity contribution < 1.29 is 14.7 Å². The number of rotatable bonds is 4. The second-order valence-corrected chi connectivity index (χ2v) is 4.11. The molecule has 1 aromatic rings. The zero-order valence-corrected chi connectivity index (χ0v) is 10.5. The molecular weight excluding hydrogens is 286 g/mol. The van der Waals surface area contributed by atoms with Crippen molar-refractivity contribution in [3.8, 4) is 12.3 Å². The summed E-state index contributed by atoms with van der Waals surface area (Å²) in [5.74, 6) is 1.07. The highest BCUT2D eigenvalue weighted by Gasteiger charge is 2.09. The first-order chi connectivity index (χ1) is 8.04. The quantitative estimate of drug-likeness (QED) is 0.839. The predicted octanol–water partition coefficient (Wildman–Crippen LogP) is 2.50. The van der Waals surface area contributed by atoms with Crippen LogP contribution >= 0.6 is 15.9 Å². The van der Waals surface area contributed by atoms with E-state index in [1.54, 1.807) is 6.07 Å². The third kappa shape index (κ3) is 3.93. The fourth-order valence-electron chi connectivity index (χ4n) is 1.15. The van der Waals surface area contributed by atoms with Gasteiger partial charge < -0.3 is 10.4 Å². The Labute approximate surface area is 107 Å². The van der Waals surface area contributed by atoms with Crippen LogP contribution < -0.4 is 5.32 Å². The highest BCUT2D eigenvalue weighted by molar-refractivity contribution is 9.10. The van der Waals surface area contributed by atoms with Crippen molar-refractivity contribution in [2.24, 2.45) is 0 Å². The van der Waals surface area contributed by atoms with Gasteiger partial charge in [0.15, 0.2) is 0 Å². The molecule has 0 unspecified atom stereocenters. The Morgan fingerprint density at radius 1 is 1.47 bits per heavy atom. The predicted molar refractivity (Wildman–Crippen MR) is 67.8 cm³/mol. The molecule has 5 heteroatoms. The minimum absolute atomic E-state index is 0.112. The van der Waals surface area contributed by atoms with E-state index in [1.165, 1.54) is 12.1 Å². The maximum Gasteiger partial charge on any atom is 0.335 e. The molecule has 0 aliphatic heterocycles. The molecule has 0 atom stereocenters. The number of carbonyl (C=O) groups excluding carboxylic acids is 1. The lowest BCUT2D eigenvalue weighted by atomic mass is 10.2. The van der Waals surface area contributed by atoms with Crippen molar-refractivity contribution in [1.29, 1.82) is 0 Å². The molecule has 0 radical (unpaired) electrons. The normalized spacial score (nSPS) is 9.41. The van der Waals surface area contributed by atoms with Gasteiger partial charge in [0.25, 0.3) is 0 Å². The zero-order chi connectivity index (χ0) is 12.8. The summed E-state index contributed by atoms with van der Waals surface area (Å²) >= 11 is 3.23. The van der Waals surface area contributed by atoms with Gasteiger partial charge in [-0.05, 0) is 34.1 Å². The van der Waals surface area contributed by atoms with Crippen molar-refractivity contribution in [1.82, 2.24) is 0 Å². The van der Waals surface area contributed by atoms with Gasteiger partial charge in [0, 0.05) is 17.3 Å². The third-order valence-electron chi connectivity index (χ3n) is 1.98. The van der Waals surface area contributed by atoms with Crippen molar-refractivity contribution in [2.45, 2.75) is 12.8 Å². The van der Waals surface area contributed by atoms with E-state index in [0.717, 1.165) is 0 Å². The molecule has 0 saturated carbocycles. The van der Waals surface area contributed by atoms with Crippen LogP contribution in [0.3, 0.4) is 0 Å². The number of terminal acetylenes is 1. The average molecular weight is 296 g/mol. The Hall–Kier alpha value is -1.80. The fraction of sp³-hybridized carbons (Fsp3) is 0.167.